The molecule has 0 atom stereocenters. The van der Waals surface area contributed by atoms with Gasteiger partial charge in [-0.15, -0.1) is 0 Å². The molecule has 0 N–H and O–H groups in total. The molecule has 3 aromatic carbocycles. The number of aryl methyl sites for hydroxylation is 2. The van der Waals surface area contributed by atoms with Crippen molar-refractivity contribution in [3.8, 4) is 22.5 Å². The summed E-state index contributed by atoms with van der Waals surface area (Å²) in [7, 11) is 0. The monoisotopic (exact) mass is 544 g/mol. The van der Waals surface area contributed by atoms with Crippen LogP contribution in [0.25, 0.3) is 33.4 Å². The average Bonchev–Trinajstić information content (AvgIpc) is 3.26. The van der Waals surface area contributed by atoms with E-state index < -0.39 is 12.6 Å². The predicted octanol–water partition coefficient (Wildman–Crippen LogP) is 9.54. The molecule has 0 saturated heterocycles. The van der Waals surface area contributed by atoms with Crippen LogP contribution in [0, 0.1) is 18.3 Å². The summed E-state index contributed by atoms with van der Waals surface area (Å²) in [6.45, 7) is 3.74. The number of furan rings is 1. The van der Waals surface area contributed by atoms with Crippen molar-refractivity contribution in [2.24, 2.45) is 11.3 Å². The lowest BCUT2D eigenvalue weighted by Crippen LogP contribution is -2.52. The SMILES string of the molecule is CCC(=O)c1c(-c2ccc(C)cc2)oc2cc(CCC(F)(F)F)c(-c3cccc(C(=O)CC45CC(C4)C5)c3)cc12. The molecule has 0 spiro atoms. The second-order valence-electron chi connectivity index (χ2n) is 11.7. The molecular weight excluding hydrogens is 513 g/mol. The maximum absolute atomic E-state index is 13.3. The first-order valence-corrected chi connectivity index (χ1v) is 13.9. The number of Topliss-reactive ketones (excluding diaryl/α,β-unsaturated/α-hetero) is 2. The van der Waals surface area contributed by atoms with Gasteiger partial charge in [-0.3, -0.25) is 9.59 Å². The minimum atomic E-state index is -4.33. The highest BCUT2D eigenvalue weighted by Gasteiger charge is 2.56. The number of alkyl halides is 3. The third kappa shape index (κ3) is 4.89. The molecular formula is C34H31F3O3. The Balaban J connectivity index is 1.47. The van der Waals surface area contributed by atoms with E-state index in [4.69, 9.17) is 4.42 Å². The van der Waals surface area contributed by atoms with Crippen LogP contribution >= 0.6 is 0 Å². The summed E-state index contributed by atoms with van der Waals surface area (Å²) in [6, 6.07) is 18.2. The summed E-state index contributed by atoms with van der Waals surface area (Å²) in [5.74, 6) is 1.17. The summed E-state index contributed by atoms with van der Waals surface area (Å²) in [5, 5.41) is 0.568. The third-order valence-electron chi connectivity index (χ3n) is 8.70. The minimum absolute atomic E-state index is 0.0738. The average molecular weight is 545 g/mol. The Labute approximate surface area is 231 Å². The zero-order chi connectivity index (χ0) is 28.2. The fourth-order valence-electron chi connectivity index (χ4n) is 6.48. The Bertz CT molecular complexity index is 1610. The van der Waals surface area contributed by atoms with Gasteiger partial charge in [-0.25, -0.2) is 0 Å². The summed E-state index contributed by atoms with van der Waals surface area (Å²) in [4.78, 5) is 26.4. The highest BCUT2D eigenvalue weighted by molar-refractivity contribution is 6.13. The molecule has 3 saturated carbocycles. The van der Waals surface area contributed by atoms with Crippen LogP contribution in [0.15, 0.2) is 65.1 Å². The highest BCUT2D eigenvalue weighted by Crippen LogP contribution is 2.66. The van der Waals surface area contributed by atoms with E-state index in [1.54, 1.807) is 37.3 Å². The van der Waals surface area contributed by atoms with E-state index in [1.807, 2.05) is 37.3 Å². The van der Waals surface area contributed by atoms with E-state index in [1.165, 1.54) is 0 Å². The number of hydrogen-bond acceptors (Lipinski definition) is 3. The van der Waals surface area contributed by atoms with Crippen molar-refractivity contribution in [1.29, 1.82) is 0 Å². The van der Waals surface area contributed by atoms with Gasteiger partial charge in [-0.2, -0.15) is 13.2 Å². The van der Waals surface area contributed by atoms with E-state index in [2.05, 4.69) is 0 Å². The smallest absolute Gasteiger partial charge is 0.389 e. The van der Waals surface area contributed by atoms with Gasteiger partial charge >= 0.3 is 6.18 Å². The number of carbonyl (C=O) groups excluding carboxylic acids is 2. The van der Waals surface area contributed by atoms with Gasteiger partial charge < -0.3 is 4.42 Å². The molecule has 3 nitrogen and oxygen atoms in total. The highest BCUT2D eigenvalue weighted by atomic mass is 19.4. The van der Waals surface area contributed by atoms with Crippen molar-refractivity contribution >= 4 is 22.5 Å². The van der Waals surface area contributed by atoms with Crippen LogP contribution in [0.2, 0.25) is 0 Å². The van der Waals surface area contributed by atoms with E-state index in [9.17, 15) is 22.8 Å². The number of benzene rings is 3. The largest absolute Gasteiger partial charge is 0.455 e. The Morgan fingerprint density at radius 1 is 0.950 bits per heavy atom. The number of ketones is 2. The molecule has 40 heavy (non-hydrogen) atoms. The molecule has 1 aromatic heterocycles. The Kier molecular flexibility index (Phi) is 6.47. The van der Waals surface area contributed by atoms with Gasteiger partial charge in [-0.1, -0.05) is 55.0 Å². The van der Waals surface area contributed by atoms with Crippen LogP contribution in [-0.4, -0.2) is 17.7 Å². The summed E-state index contributed by atoms with van der Waals surface area (Å²) >= 11 is 0. The molecule has 206 valence electrons. The lowest BCUT2D eigenvalue weighted by Gasteiger charge is -2.62. The number of halogens is 3. The van der Waals surface area contributed by atoms with Crippen LogP contribution in [0.5, 0.6) is 0 Å². The van der Waals surface area contributed by atoms with Crippen LogP contribution in [-0.2, 0) is 6.42 Å². The predicted molar refractivity (Wildman–Crippen MR) is 150 cm³/mol. The van der Waals surface area contributed by atoms with E-state index in [0.717, 1.165) is 36.3 Å². The maximum atomic E-state index is 13.3. The van der Waals surface area contributed by atoms with Crippen molar-refractivity contribution in [1.82, 2.24) is 0 Å². The summed E-state index contributed by atoms with van der Waals surface area (Å²) < 4.78 is 46.2. The van der Waals surface area contributed by atoms with Crippen molar-refractivity contribution in [3.05, 3.63) is 82.9 Å². The van der Waals surface area contributed by atoms with Gasteiger partial charge in [-0.05, 0) is 78.8 Å². The van der Waals surface area contributed by atoms with Crippen LogP contribution < -0.4 is 0 Å². The summed E-state index contributed by atoms with van der Waals surface area (Å²) in [5.41, 5.74) is 5.04. The molecule has 7 rings (SSSR count). The van der Waals surface area contributed by atoms with Gasteiger partial charge in [0.2, 0.25) is 0 Å². The minimum Gasteiger partial charge on any atom is -0.455 e. The van der Waals surface area contributed by atoms with Gasteiger partial charge in [0, 0.05) is 35.8 Å². The molecule has 1 heterocycles. The lowest BCUT2D eigenvalue weighted by molar-refractivity contribution is -0.133. The van der Waals surface area contributed by atoms with Gasteiger partial charge in [0.25, 0.3) is 0 Å². The number of hydrogen-bond donors (Lipinski definition) is 0. The molecule has 3 aliphatic carbocycles. The van der Waals surface area contributed by atoms with E-state index in [-0.39, 0.29) is 29.8 Å². The lowest BCUT2D eigenvalue weighted by atomic mass is 9.43. The van der Waals surface area contributed by atoms with Crippen molar-refractivity contribution in [2.45, 2.75) is 65.0 Å². The van der Waals surface area contributed by atoms with Crippen LogP contribution in [0.3, 0.4) is 0 Å². The first-order valence-electron chi connectivity index (χ1n) is 13.9. The quantitative estimate of drug-likeness (QED) is 0.197. The molecule has 3 aliphatic rings. The first-order chi connectivity index (χ1) is 19.0. The fraction of sp³-hybridized carbons (Fsp3) is 0.353. The molecule has 4 aromatic rings. The molecule has 0 aliphatic heterocycles. The molecule has 0 unspecified atom stereocenters. The van der Waals surface area contributed by atoms with Crippen LogP contribution in [0.1, 0.15) is 77.3 Å². The van der Waals surface area contributed by atoms with Gasteiger partial charge in [0.1, 0.15) is 11.3 Å². The van der Waals surface area contributed by atoms with Gasteiger partial charge in [0.15, 0.2) is 11.6 Å². The van der Waals surface area contributed by atoms with Gasteiger partial charge in [0.05, 0.1) is 5.56 Å². The molecule has 3 fully saturated rings. The van der Waals surface area contributed by atoms with Crippen molar-refractivity contribution < 1.29 is 27.2 Å². The standard InChI is InChI=1S/C34H31F3O3/c1-3-28(38)31-27-15-26(23-5-4-6-25(13-23)29(39)19-33-16-21(17-33)18-33)24(11-12-34(35,36)37)14-30(27)40-32(31)22-9-7-20(2)8-10-22/h4-10,13-15,21H,3,11-12,16-19H2,1-2H3. The first kappa shape index (κ1) is 26.5. The van der Waals surface area contributed by atoms with E-state index in [0.29, 0.717) is 51.0 Å². The second-order valence-corrected chi connectivity index (χ2v) is 11.7. The third-order valence-corrected chi connectivity index (χ3v) is 8.70. The van der Waals surface area contributed by atoms with Crippen LogP contribution in [0.4, 0.5) is 13.2 Å². The normalized spacial score (nSPS) is 19.8. The van der Waals surface area contributed by atoms with E-state index >= 15 is 0 Å². The number of fused-ring (bicyclic) bond motifs is 1. The number of rotatable bonds is 9. The Hall–Kier alpha value is -3.67. The molecule has 0 amide bonds. The number of carbonyl (C=O) groups is 2. The fourth-order valence-corrected chi connectivity index (χ4v) is 6.48. The topological polar surface area (TPSA) is 47.3 Å². The molecule has 2 bridgehead atoms. The molecule has 0 radical (unpaired) electrons. The zero-order valence-corrected chi connectivity index (χ0v) is 22.7. The Morgan fingerprint density at radius 3 is 2.30 bits per heavy atom. The summed E-state index contributed by atoms with van der Waals surface area (Å²) in [6.07, 6.45) is -1.42. The second kappa shape index (κ2) is 9.76. The maximum Gasteiger partial charge on any atom is 0.389 e. The van der Waals surface area contributed by atoms with Crippen molar-refractivity contribution in [2.75, 3.05) is 0 Å². The Morgan fingerprint density at radius 2 is 1.68 bits per heavy atom. The molecule has 6 heteroatoms. The van der Waals surface area contributed by atoms with Crippen molar-refractivity contribution in [3.63, 3.8) is 0 Å². The zero-order valence-electron chi connectivity index (χ0n) is 22.7.